The van der Waals surface area contributed by atoms with Gasteiger partial charge in [-0.2, -0.15) is 0 Å². The van der Waals surface area contributed by atoms with Gasteiger partial charge in [-0.1, -0.05) is 24.3 Å². The lowest BCUT2D eigenvalue weighted by atomic mass is 9.96. The van der Waals surface area contributed by atoms with E-state index in [0.717, 1.165) is 4.70 Å². The van der Waals surface area contributed by atoms with Gasteiger partial charge in [0.2, 0.25) is 0 Å². The van der Waals surface area contributed by atoms with Crippen LogP contribution >= 0.6 is 11.3 Å². The molecule has 10 heteroatoms. The zero-order chi connectivity index (χ0) is 25.3. The van der Waals surface area contributed by atoms with Crippen LogP contribution in [0.2, 0.25) is 0 Å². The first-order valence-electron chi connectivity index (χ1n) is 10.6. The topological polar surface area (TPSA) is 129 Å². The Morgan fingerprint density at radius 3 is 2.57 bits per heavy atom. The van der Waals surface area contributed by atoms with Gasteiger partial charge in [0.15, 0.2) is 0 Å². The van der Waals surface area contributed by atoms with Crippen LogP contribution in [-0.4, -0.2) is 26.7 Å². The number of fused-ring (bicyclic) bond motifs is 1. The number of aromatic nitrogens is 1. The largest absolute Gasteiger partial charge is 0.443 e. The summed E-state index contributed by atoms with van der Waals surface area (Å²) in [5, 5.41) is 23.0. The second kappa shape index (κ2) is 9.40. The van der Waals surface area contributed by atoms with E-state index in [4.69, 9.17) is 15.5 Å². The summed E-state index contributed by atoms with van der Waals surface area (Å²) in [5.74, 6) is -0.415. The molecule has 4 rings (SSSR count). The highest BCUT2D eigenvalue weighted by Crippen LogP contribution is 2.38. The number of ether oxygens (including phenoxy) is 1. The normalized spacial score (nSPS) is 12.5. The van der Waals surface area contributed by atoms with E-state index in [0.29, 0.717) is 39.2 Å². The number of halogens is 1. The monoisotopic (exact) mass is 495 g/mol. The smallest absolute Gasteiger partial charge is 0.405 e. The average Bonchev–Trinajstić information content (AvgIpc) is 3.19. The Labute approximate surface area is 204 Å². The van der Waals surface area contributed by atoms with Crippen molar-refractivity contribution in [1.82, 2.24) is 4.98 Å². The third kappa shape index (κ3) is 5.44. The lowest BCUT2D eigenvalue weighted by molar-refractivity contribution is -0.384. The summed E-state index contributed by atoms with van der Waals surface area (Å²) in [6.45, 7) is 3.43. The van der Waals surface area contributed by atoms with Crippen molar-refractivity contribution in [3.05, 3.63) is 92.7 Å². The summed E-state index contributed by atoms with van der Waals surface area (Å²) in [5.41, 5.74) is 6.97. The fraction of sp³-hybridized carbons (Fsp3) is 0.200. The first kappa shape index (κ1) is 24.2. The maximum atomic E-state index is 13.4. The van der Waals surface area contributed by atoms with Crippen LogP contribution < -0.4 is 5.73 Å². The van der Waals surface area contributed by atoms with Crippen molar-refractivity contribution in [2.75, 3.05) is 0 Å². The van der Waals surface area contributed by atoms with E-state index < -0.39 is 28.5 Å². The number of benzene rings is 3. The van der Waals surface area contributed by atoms with Crippen LogP contribution in [0.3, 0.4) is 0 Å². The molecule has 1 aromatic heterocycles. The number of primary amides is 1. The molecule has 4 aromatic rings. The number of aliphatic hydroxyl groups excluding tert-OH is 1. The van der Waals surface area contributed by atoms with Gasteiger partial charge in [-0.05, 0) is 54.8 Å². The van der Waals surface area contributed by atoms with Crippen LogP contribution in [-0.2, 0) is 11.2 Å². The highest BCUT2D eigenvalue weighted by molar-refractivity contribution is 7.18. The molecule has 0 aliphatic carbocycles. The van der Waals surface area contributed by atoms with Crippen LogP contribution in [0.1, 0.15) is 36.1 Å². The molecule has 35 heavy (non-hydrogen) atoms. The molecule has 0 aliphatic rings. The van der Waals surface area contributed by atoms with Gasteiger partial charge in [0.25, 0.3) is 5.69 Å². The Kier molecular flexibility index (Phi) is 6.51. The number of hydrogen-bond donors (Lipinski definition) is 2. The zero-order valence-corrected chi connectivity index (χ0v) is 19.7. The molecule has 1 amide bonds. The Hall–Kier alpha value is -3.89. The molecule has 0 radical (unpaired) electrons. The third-order valence-electron chi connectivity index (χ3n) is 5.38. The van der Waals surface area contributed by atoms with Gasteiger partial charge in [0.05, 0.1) is 20.1 Å². The van der Waals surface area contributed by atoms with Crippen LogP contribution in [0.25, 0.3) is 21.3 Å². The number of nitrogens with zero attached hydrogens (tertiary/aromatic N) is 2. The van der Waals surface area contributed by atoms with Crippen molar-refractivity contribution < 1.29 is 24.0 Å². The summed E-state index contributed by atoms with van der Waals surface area (Å²) >= 11 is 1.35. The van der Waals surface area contributed by atoms with E-state index in [-0.39, 0.29) is 5.69 Å². The lowest BCUT2D eigenvalue weighted by Gasteiger charge is -2.22. The summed E-state index contributed by atoms with van der Waals surface area (Å²) in [6, 6.07) is 15.2. The number of thiazole rings is 1. The zero-order valence-electron chi connectivity index (χ0n) is 18.9. The molecular weight excluding hydrogens is 473 g/mol. The number of non-ortho nitro benzene ring substituents is 1. The van der Waals surface area contributed by atoms with E-state index in [9.17, 15) is 24.4 Å². The van der Waals surface area contributed by atoms with E-state index in [1.807, 2.05) is 0 Å². The van der Waals surface area contributed by atoms with Crippen molar-refractivity contribution in [2.45, 2.75) is 32.0 Å². The van der Waals surface area contributed by atoms with Gasteiger partial charge in [0.1, 0.15) is 17.5 Å². The molecule has 8 nitrogen and oxygen atoms in total. The minimum Gasteiger partial charge on any atom is -0.443 e. The number of amides is 1. The molecule has 3 aromatic carbocycles. The molecule has 0 bridgehead atoms. The Bertz CT molecular complexity index is 1420. The van der Waals surface area contributed by atoms with Gasteiger partial charge in [0, 0.05) is 24.1 Å². The number of nitro benzene ring substituents is 1. The second-order valence-corrected chi connectivity index (χ2v) is 9.76. The summed E-state index contributed by atoms with van der Waals surface area (Å²) in [4.78, 5) is 26.9. The van der Waals surface area contributed by atoms with Crippen LogP contribution in [0.4, 0.5) is 14.9 Å². The fourth-order valence-corrected chi connectivity index (χ4v) is 5.11. The van der Waals surface area contributed by atoms with Crippen LogP contribution in [0.5, 0.6) is 0 Å². The number of nitrogens with two attached hydrogens (primary N) is 1. The number of hydrogen-bond acceptors (Lipinski definition) is 7. The first-order valence-corrected chi connectivity index (χ1v) is 11.4. The molecule has 3 N–H and O–H groups in total. The van der Waals surface area contributed by atoms with Gasteiger partial charge in [-0.3, -0.25) is 10.1 Å². The van der Waals surface area contributed by atoms with Crippen molar-refractivity contribution in [2.24, 2.45) is 5.73 Å². The minimum atomic E-state index is -1.06. The number of rotatable bonds is 7. The summed E-state index contributed by atoms with van der Waals surface area (Å²) in [6.07, 6.45) is -1.66. The van der Waals surface area contributed by atoms with E-state index in [1.54, 1.807) is 38.1 Å². The summed E-state index contributed by atoms with van der Waals surface area (Å²) < 4.78 is 19.3. The maximum Gasteiger partial charge on any atom is 0.405 e. The van der Waals surface area contributed by atoms with E-state index in [1.165, 1.54) is 47.7 Å². The standard InChI is InChI=1S/C25H22FN3O5S/c1-25(2,34-24(27)31)13-21-28-22-19(15-4-3-5-18(10-15)29(32)33)11-16(12-20(22)35-21)23(30)14-6-8-17(26)9-7-14/h3-12,23,30H,13H2,1-2H3,(H2,27,31). The SMILES string of the molecule is CC(C)(Cc1nc2c(-c3cccc([N+](=O)[O-])c3)cc(C(O)c3ccc(F)cc3)cc2s1)OC(N)=O. The van der Waals surface area contributed by atoms with Gasteiger partial charge < -0.3 is 15.6 Å². The molecule has 0 aliphatic heterocycles. The van der Waals surface area contributed by atoms with E-state index >= 15 is 0 Å². The van der Waals surface area contributed by atoms with Crippen molar-refractivity contribution in [3.63, 3.8) is 0 Å². The highest BCUT2D eigenvalue weighted by Gasteiger charge is 2.25. The van der Waals surface area contributed by atoms with Crippen molar-refractivity contribution in [3.8, 4) is 11.1 Å². The molecule has 1 heterocycles. The molecule has 1 unspecified atom stereocenters. The van der Waals surface area contributed by atoms with Gasteiger partial charge >= 0.3 is 6.09 Å². The molecule has 0 spiro atoms. The predicted octanol–water partition coefficient (Wildman–Crippen LogP) is 5.51. The number of aliphatic hydroxyl groups is 1. The first-order chi connectivity index (χ1) is 16.5. The Balaban J connectivity index is 1.86. The molecule has 0 fully saturated rings. The maximum absolute atomic E-state index is 13.4. The van der Waals surface area contributed by atoms with Crippen LogP contribution in [0.15, 0.2) is 60.7 Å². The number of carbonyl (C=O) groups excluding carboxylic acids is 1. The van der Waals surface area contributed by atoms with Gasteiger partial charge in [-0.15, -0.1) is 11.3 Å². The van der Waals surface area contributed by atoms with Crippen LogP contribution in [0, 0.1) is 15.9 Å². The van der Waals surface area contributed by atoms with Crippen molar-refractivity contribution >= 4 is 33.3 Å². The lowest BCUT2D eigenvalue weighted by Crippen LogP contribution is -2.33. The Morgan fingerprint density at radius 1 is 1.20 bits per heavy atom. The second-order valence-electron chi connectivity index (χ2n) is 8.64. The Morgan fingerprint density at radius 2 is 1.91 bits per heavy atom. The molecule has 180 valence electrons. The third-order valence-corrected chi connectivity index (χ3v) is 6.39. The average molecular weight is 496 g/mol. The molecular formula is C25H22FN3O5S. The summed E-state index contributed by atoms with van der Waals surface area (Å²) in [7, 11) is 0. The molecule has 0 saturated heterocycles. The highest BCUT2D eigenvalue weighted by atomic mass is 32.1. The number of nitro groups is 1. The quantitative estimate of drug-likeness (QED) is 0.257. The number of carbonyl (C=O) groups is 1. The van der Waals surface area contributed by atoms with Crippen molar-refractivity contribution in [1.29, 1.82) is 0 Å². The minimum absolute atomic E-state index is 0.0772. The molecule has 0 saturated carbocycles. The fourth-order valence-electron chi connectivity index (χ4n) is 3.85. The molecule has 1 atom stereocenters. The van der Waals surface area contributed by atoms with E-state index in [2.05, 4.69) is 0 Å². The predicted molar refractivity (Wildman–Crippen MR) is 131 cm³/mol. The van der Waals surface area contributed by atoms with Gasteiger partial charge in [-0.25, -0.2) is 14.2 Å².